The molecule has 19 heavy (non-hydrogen) atoms. The van der Waals surface area contributed by atoms with Gasteiger partial charge in [0.1, 0.15) is 11.9 Å². The first-order chi connectivity index (χ1) is 9.19. The number of pyridine rings is 1. The summed E-state index contributed by atoms with van der Waals surface area (Å²) in [6.45, 7) is 0.101. The van der Waals surface area contributed by atoms with Crippen molar-refractivity contribution in [1.29, 1.82) is 0 Å². The van der Waals surface area contributed by atoms with Gasteiger partial charge < -0.3 is 9.84 Å². The third-order valence-electron chi connectivity index (χ3n) is 2.48. The Kier molecular flexibility index (Phi) is 4.04. The number of hydrogen-bond acceptors (Lipinski definition) is 5. The number of rotatable bonds is 5. The molecule has 1 aromatic heterocycles. The second kappa shape index (κ2) is 5.92. The first kappa shape index (κ1) is 13.0. The van der Waals surface area contributed by atoms with E-state index in [4.69, 9.17) is 9.84 Å². The van der Waals surface area contributed by atoms with Crippen molar-refractivity contribution < 1.29 is 14.8 Å². The molecule has 0 saturated carbocycles. The molecule has 0 radical (unpaired) electrons. The van der Waals surface area contributed by atoms with Crippen LogP contribution in [-0.4, -0.2) is 21.6 Å². The fourth-order valence-corrected chi connectivity index (χ4v) is 1.51. The molecule has 0 aliphatic rings. The predicted molar refractivity (Wildman–Crippen MR) is 68.2 cm³/mol. The van der Waals surface area contributed by atoms with Crippen LogP contribution in [0.15, 0.2) is 42.6 Å². The van der Waals surface area contributed by atoms with Crippen LogP contribution in [0.2, 0.25) is 0 Å². The van der Waals surface area contributed by atoms with E-state index in [1.165, 1.54) is 12.1 Å². The van der Waals surface area contributed by atoms with Crippen LogP contribution >= 0.6 is 0 Å². The van der Waals surface area contributed by atoms with Gasteiger partial charge >= 0.3 is 0 Å². The van der Waals surface area contributed by atoms with Crippen LogP contribution in [0.25, 0.3) is 0 Å². The molecular weight excluding hydrogens is 248 g/mol. The number of nitrogens with zero attached hydrogens (tertiary/aromatic N) is 2. The van der Waals surface area contributed by atoms with Crippen molar-refractivity contribution >= 4 is 5.69 Å². The highest BCUT2D eigenvalue weighted by Crippen LogP contribution is 2.21. The average molecular weight is 260 g/mol. The number of aliphatic hydroxyl groups is 1. The summed E-state index contributed by atoms with van der Waals surface area (Å²) in [6, 6.07) is 9.98. The predicted octanol–water partition coefficient (Wildman–Crippen LogP) is 2.32. The summed E-state index contributed by atoms with van der Waals surface area (Å²) in [7, 11) is 0. The third-order valence-corrected chi connectivity index (χ3v) is 2.48. The van der Waals surface area contributed by atoms with Crippen molar-refractivity contribution in [1.82, 2.24) is 4.98 Å². The quantitative estimate of drug-likeness (QED) is 0.658. The Morgan fingerprint density at radius 2 is 1.95 bits per heavy atom. The van der Waals surface area contributed by atoms with E-state index in [9.17, 15) is 10.1 Å². The van der Waals surface area contributed by atoms with E-state index in [1.54, 1.807) is 12.1 Å². The molecule has 1 heterocycles. The molecule has 0 amide bonds. The van der Waals surface area contributed by atoms with Gasteiger partial charge in [-0.25, -0.2) is 4.98 Å². The first-order valence-electron chi connectivity index (χ1n) is 5.67. The van der Waals surface area contributed by atoms with Crippen LogP contribution in [0, 0.1) is 10.1 Å². The summed E-state index contributed by atoms with van der Waals surface area (Å²) in [5.41, 5.74) is 0.928. The Bertz CT molecular complexity index is 552. The molecule has 0 atom stereocenters. The van der Waals surface area contributed by atoms with Gasteiger partial charge in [0.05, 0.1) is 4.92 Å². The second-order valence-electron chi connectivity index (χ2n) is 3.83. The van der Waals surface area contributed by atoms with Crippen LogP contribution in [0.1, 0.15) is 5.56 Å². The lowest BCUT2D eigenvalue weighted by Crippen LogP contribution is -1.93. The van der Waals surface area contributed by atoms with E-state index in [2.05, 4.69) is 4.98 Å². The molecule has 6 nitrogen and oxygen atoms in total. The number of aliphatic hydroxyl groups excluding tert-OH is 1. The van der Waals surface area contributed by atoms with Crippen molar-refractivity contribution in [2.75, 3.05) is 6.61 Å². The smallest absolute Gasteiger partial charge is 0.287 e. The second-order valence-corrected chi connectivity index (χ2v) is 3.83. The Balaban J connectivity index is 2.06. The van der Waals surface area contributed by atoms with Crippen molar-refractivity contribution in [3.63, 3.8) is 0 Å². The molecule has 0 unspecified atom stereocenters. The average Bonchev–Trinajstić information content (AvgIpc) is 2.42. The zero-order valence-electron chi connectivity index (χ0n) is 10.0. The highest BCUT2D eigenvalue weighted by atomic mass is 16.6. The fourth-order valence-electron chi connectivity index (χ4n) is 1.51. The lowest BCUT2D eigenvalue weighted by atomic mass is 10.1. The molecule has 6 heteroatoms. The molecule has 0 aliphatic carbocycles. The van der Waals surface area contributed by atoms with Crippen molar-refractivity contribution in [2.24, 2.45) is 0 Å². The van der Waals surface area contributed by atoms with Crippen LogP contribution in [0.3, 0.4) is 0 Å². The van der Waals surface area contributed by atoms with E-state index in [0.717, 1.165) is 11.8 Å². The minimum Gasteiger partial charge on any atom is -0.439 e. The van der Waals surface area contributed by atoms with Gasteiger partial charge in [-0.2, -0.15) is 0 Å². The molecule has 0 fully saturated rings. The molecule has 0 bridgehead atoms. The summed E-state index contributed by atoms with van der Waals surface area (Å²) in [5.74, 6) is 0.878. The first-order valence-corrected chi connectivity index (χ1v) is 5.67. The number of aromatic nitrogens is 1. The van der Waals surface area contributed by atoms with Crippen LogP contribution in [0.4, 0.5) is 5.69 Å². The zero-order valence-corrected chi connectivity index (χ0v) is 10.0. The Morgan fingerprint density at radius 3 is 2.47 bits per heavy atom. The summed E-state index contributed by atoms with van der Waals surface area (Å²) >= 11 is 0. The molecule has 2 aromatic rings. The highest BCUT2D eigenvalue weighted by molar-refractivity contribution is 5.33. The summed E-state index contributed by atoms with van der Waals surface area (Å²) in [4.78, 5) is 13.8. The lowest BCUT2D eigenvalue weighted by molar-refractivity contribution is -0.385. The Morgan fingerprint density at radius 1 is 1.21 bits per heavy atom. The van der Waals surface area contributed by atoms with Gasteiger partial charge in [0, 0.05) is 18.7 Å². The van der Waals surface area contributed by atoms with Gasteiger partial charge in [-0.3, -0.25) is 10.1 Å². The van der Waals surface area contributed by atoms with Gasteiger partial charge in [-0.15, -0.1) is 0 Å². The van der Waals surface area contributed by atoms with Gasteiger partial charge in [0.2, 0.25) is 5.88 Å². The maximum atomic E-state index is 10.5. The fraction of sp³-hybridized carbons (Fsp3) is 0.154. The molecule has 0 saturated heterocycles. The van der Waals surface area contributed by atoms with E-state index in [-0.39, 0.29) is 12.3 Å². The van der Waals surface area contributed by atoms with E-state index in [0.29, 0.717) is 18.1 Å². The van der Waals surface area contributed by atoms with E-state index < -0.39 is 4.92 Å². The lowest BCUT2D eigenvalue weighted by Gasteiger charge is -2.05. The highest BCUT2D eigenvalue weighted by Gasteiger charge is 2.06. The van der Waals surface area contributed by atoms with E-state index >= 15 is 0 Å². The summed E-state index contributed by atoms with van der Waals surface area (Å²) < 4.78 is 5.45. The van der Waals surface area contributed by atoms with Gasteiger partial charge in [0.15, 0.2) is 0 Å². The molecule has 1 N–H and O–H groups in total. The number of benzene rings is 1. The van der Waals surface area contributed by atoms with Crippen molar-refractivity contribution in [2.45, 2.75) is 6.42 Å². The maximum Gasteiger partial charge on any atom is 0.287 e. The summed E-state index contributed by atoms with van der Waals surface area (Å²) in [5, 5.41) is 19.3. The molecule has 98 valence electrons. The standard InChI is InChI=1S/C13H12N2O4/c16-8-7-10-1-4-12(5-2-10)19-13-6-3-11(9-14-13)15(17)18/h1-6,9,16H,7-8H2. The maximum absolute atomic E-state index is 10.5. The van der Waals surface area contributed by atoms with Crippen LogP contribution in [-0.2, 0) is 6.42 Å². The summed E-state index contributed by atoms with van der Waals surface area (Å²) in [6.07, 6.45) is 1.74. The topological polar surface area (TPSA) is 85.5 Å². The van der Waals surface area contributed by atoms with Crippen molar-refractivity contribution in [3.8, 4) is 11.6 Å². The monoisotopic (exact) mass is 260 g/mol. The van der Waals surface area contributed by atoms with E-state index in [1.807, 2.05) is 12.1 Å². The van der Waals surface area contributed by atoms with Gasteiger partial charge in [-0.1, -0.05) is 12.1 Å². The Labute approximate surface area is 109 Å². The van der Waals surface area contributed by atoms with Crippen LogP contribution in [0.5, 0.6) is 11.6 Å². The largest absolute Gasteiger partial charge is 0.439 e. The zero-order chi connectivity index (χ0) is 13.7. The number of ether oxygens (including phenoxy) is 1. The molecule has 0 aliphatic heterocycles. The van der Waals surface area contributed by atoms with Gasteiger partial charge in [0.25, 0.3) is 5.69 Å². The third kappa shape index (κ3) is 3.49. The number of hydrogen-bond donors (Lipinski definition) is 1. The normalized spacial score (nSPS) is 10.2. The Hall–Kier alpha value is -2.47. The van der Waals surface area contributed by atoms with Crippen molar-refractivity contribution in [3.05, 3.63) is 58.3 Å². The number of nitro groups is 1. The minimum absolute atomic E-state index is 0.0781. The molecule has 0 spiro atoms. The van der Waals surface area contributed by atoms with Gasteiger partial charge in [-0.05, 0) is 24.1 Å². The molecule has 2 rings (SSSR count). The SMILES string of the molecule is O=[N+]([O-])c1ccc(Oc2ccc(CCO)cc2)nc1. The molecule has 1 aromatic carbocycles. The molecular formula is C13H12N2O4. The van der Waals surface area contributed by atoms with Crippen LogP contribution < -0.4 is 4.74 Å². The minimum atomic E-state index is -0.513.